The molecule has 0 radical (unpaired) electrons. The summed E-state index contributed by atoms with van der Waals surface area (Å²) in [6.07, 6.45) is 7.96. The van der Waals surface area contributed by atoms with Crippen molar-refractivity contribution in [1.82, 2.24) is 14.7 Å². The van der Waals surface area contributed by atoms with Crippen molar-refractivity contribution in [3.8, 4) is 0 Å². The maximum Gasteiger partial charge on any atom is 0.0774 e. The van der Waals surface area contributed by atoms with Gasteiger partial charge in [0, 0.05) is 25.3 Å². The molecule has 0 amide bonds. The zero-order valence-corrected chi connectivity index (χ0v) is 13.5. The lowest BCUT2D eigenvalue weighted by atomic mass is 9.84. The topological polar surface area (TPSA) is 41.3 Å². The van der Waals surface area contributed by atoms with Crippen LogP contribution < -0.4 is 0 Å². The Bertz CT molecular complexity index is 468. The van der Waals surface area contributed by atoms with Gasteiger partial charge in [0.25, 0.3) is 0 Å². The van der Waals surface area contributed by atoms with Gasteiger partial charge in [-0.25, -0.2) is 0 Å². The third-order valence-corrected chi connectivity index (χ3v) is 5.25. The van der Waals surface area contributed by atoms with E-state index >= 15 is 0 Å². The van der Waals surface area contributed by atoms with Crippen molar-refractivity contribution in [2.45, 2.75) is 70.4 Å². The number of hydrogen-bond donors (Lipinski definition) is 1. The maximum atomic E-state index is 10.7. The Hall–Kier alpha value is -0.870. The number of piperidine rings is 1. The smallest absolute Gasteiger partial charge is 0.0774 e. The molecule has 1 saturated heterocycles. The minimum Gasteiger partial charge on any atom is -0.389 e. The molecular formula is C17H29N3O. The summed E-state index contributed by atoms with van der Waals surface area (Å²) in [7, 11) is 0. The Labute approximate surface area is 128 Å². The van der Waals surface area contributed by atoms with E-state index in [2.05, 4.69) is 34.6 Å². The molecule has 0 atom stereocenters. The second kappa shape index (κ2) is 6.09. The molecule has 0 spiro atoms. The molecule has 2 aliphatic rings. The molecule has 4 nitrogen and oxygen atoms in total. The van der Waals surface area contributed by atoms with E-state index in [1.807, 2.05) is 0 Å². The second-order valence-electron chi connectivity index (χ2n) is 7.16. The van der Waals surface area contributed by atoms with Gasteiger partial charge < -0.3 is 10.0 Å². The monoisotopic (exact) mass is 291 g/mol. The van der Waals surface area contributed by atoms with Crippen LogP contribution in [0.4, 0.5) is 0 Å². The van der Waals surface area contributed by atoms with E-state index in [-0.39, 0.29) is 0 Å². The summed E-state index contributed by atoms with van der Waals surface area (Å²) in [5, 5.41) is 15.3. The normalized spacial score (nSPS) is 24.3. The zero-order valence-electron chi connectivity index (χ0n) is 13.5. The molecule has 2 fully saturated rings. The van der Waals surface area contributed by atoms with E-state index in [0.29, 0.717) is 6.04 Å². The summed E-state index contributed by atoms with van der Waals surface area (Å²) in [4.78, 5) is 2.47. The summed E-state index contributed by atoms with van der Waals surface area (Å²) in [5.41, 5.74) is 1.98. The quantitative estimate of drug-likeness (QED) is 0.931. The highest BCUT2D eigenvalue weighted by Crippen LogP contribution is 2.31. The van der Waals surface area contributed by atoms with Crippen molar-refractivity contribution in [3.05, 3.63) is 17.5 Å². The van der Waals surface area contributed by atoms with Gasteiger partial charge in [0.1, 0.15) is 0 Å². The first kappa shape index (κ1) is 15.0. The summed E-state index contributed by atoms with van der Waals surface area (Å²) in [6, 6.07) is 2.70. The van der Waals surface area contributed by atoms with Crippen molar-refractivity contribution in [1.29, 1.82) is 0 Å². The lowest BCUT2D eigenvalue weighted by Crippen LogP contribution is -2.47. The molecule has 1 aromatic heterocycles. The molecule has 1 aliphatic carbocycles. The van der Waals surface area contributed by atoms with Crippen molar-refractivity contribution in [3.63, 3.8) is 0 Å². The summed E-state index contributed by atoms with van der Waals surface area (Å²) < 4.78 is 2.21. The van der Waals surface area contributed by atoms with E-state index in [1.54, 1.807) is 0 Å². The Morgan fingerprint density at radius 2 is 1.86 bits per heavy atom. The molecule has 0 unspecified atom stereocenters. The fraction of sp³-hybridized carbons (Fsp3) is 0.824. The Balaban J connectivity index is 1.54. The summed E-state index contributed by atoms with van der Waals surface area (Å²) >= 11 is 0. The summed E-state index contributed by atoms with van der Waals surface area (Å²) in [6.45, 7) is 7.27. The van der Waals surface area contributed by atoms with Gasteiger partial charge in [-0.2, -0.15) is 5.10 Å². The van der Waals surface area contributed by atoms with Gasteiger partial charge in [0.2, 0.25) is 0 Å². The van der Waals surface area contributed by atoms with Crippen molar-refractivity contribution >= 4 is 0 Å². The van der Waals surface area contributed by atoms with E-state index in [4.69, 9.17) is 0 Å². The van der Waals surface area contributed by atoms with Gasteiger partial charge in [-0.3, -0.25) is 4.68 Å². The molecule has 118 valence electrons. The second-order valence-corrected chi connectivity index (χ2v) is 7.16. The molecule has 1 aromatic rings. The van der Waals surface area contributed by atoms with Gasteiger partial charge in [-0.1, -0.05) is 19.3 Å². The number of β-amino-alcohol motifs (C(OH)–C–C–N with tert-alkyl or cyclic N) is 1. The van der Waals surface area contributed by atoms with Crippen LogP contribution in [0.5, 0.6) is 0 Å². The number of rotatable bonds is 3. The minimum absolute atomic E-state index is 0.413. The van der Waals surface area contributed by atoms with E-state index in [0.717, 1.165) is 51.0 Å². The Kier molecular flexibility index (Phi) is 4.36. The van der Waals surface area contributed by atoms with Crippen LogP contribution in [0.2, 0.25) is 0 Å². The number of hydrogen-bond acceptors (Lipinski definition) is 3. The number of aryl methyl sites for hydroxylation is 2. The molecule has 3 rings (SSSR count). The van der Waals surface area contributed by atoms with Crippen molar-refractivity contribution in [2.24, 2.45) is 0 Å². The SMILES string of the molecule is Cc1cc(C)n(C2CCN(CC3(O)CCCCC3)CC2)n1. The lowest BCUT2D eigenvalue weighted by molar-refractivity contribution is -0.0325. The predicted molar refractivity (Wildman–Crippen MR) is 84.4 cm³/mol. The molecular weight excluding hydrogens is 262 g/mol. The van der Waals surface area contributed by atoms with Crippen LogP contribution in [0.3, 0.4) is 0 Å². The largest absolute Gasteiger partial charge is 0.389 e. The van der Waals surface area contributed by atoms with Gasteiger partial charge in [0.05, 0.1) is 17.3 Å². The number of nitrogens with zero attached hydrogens (tertiary/aromatic N) is 3. The molecule has 0 aromatic carbocycles. The first-order valence-corrected chi connectivity index (χ1v) is 8.53. The van der Waals surface area contributed by atoms with Crippen molar-refractivity contribution < 1.29 is 5.11 Å². The van der Waals surface area contributed by atoms with Crippen LogP contribution in [-0.4, -0.2) is 45.0 Å². The first-order chi connectivity index (χ1) is 10.1. The molecule has 2 heterocycles. The highest BCUT2D eigenvalue weighted by Gasteiger charge is 2.33. The van der Waals surface area contributed by atoms with Gasteiger partial charge in [-0.15, -0.1) is 0 Å². The highest BCUT2D eigenvalue weighted by molar-refractivity contribution is 5.08. The molecule has 1 aliphatic heterocycles. The fourth-order valence-corrected chi connectivity index (χ4v) is 4.12. The lowest BCUT2D eigenvalue weighted by Gasteiger charge is -2.40. The maximum absolute atomic E-state index is 10.7. The van der Waals surface area contributed by atoms with Crippen LogP contribution in [-0.2, 0) is 0 Å². The van der Waals surface area contributed by atoms with Crippen LogP contribution in [0, 0.1) is 13.8 Å². The molecule has 21 heavy (non-hydrogen) atoms. The summed E-state index contributed by atoms with van der Waals surface area (Å²) in [5.74, 6) is 0. The van der Waals surface area contributed by atoms with Crippen LogP contribution in [0.1, 0.15) is 62.4 Å². The third kappa shape index (κ3) is 3.49. The number of likely N-dealkylation sites (tertiary alicyclic amines) is 1. The average molecular weight is 291 g/mol. The third-order valence-electron chi connectivity index (χ3n) is 5.25. The molecule has 1 N–H and O–H groups in total. The fourth-order valence-electron chi connectivity index (χ4n) is 4.12. The molecule has 1 saturated carbocycles. The van der Waals surface area contributed by atoms with E-state index < -0.39 is 5.60 Å². The minimum atomic E-state index is -0.413. The van der Waals surface area contributed by atoms with E-state index in [9.17, 15) is 5.11 Å². The predicted octanol–water partition coefficient (Wildman–Crippen LogP) is 2.83. The number of aliphatic hydroxyl groups is 1. The van der Waals surface area contributed by atoms with Gasteiger partial charge in [0.15, 0.2) is 0 Å². The number of aromatic nitrogens is 2. The van der Waals surface area contributed by atoms with Gasteiger partial charge >= 0.3 is 0 Å². The molecule has 4 heteroatoms. The van der Waals surface area contributed by atoms with Crippen molar-refractivity contribution in [2.75, 3.05) is 19.6 Å². The highest BCUT2D eigenvalue weighted by atomic mass is 16.3. The Morgan fingerprint density at radius 3 is 2.43 bits per heavy atom. The first-order valence-electron chi connectivity index (χ1n) is 8.53. The van der Waals surface area contributed by atoms with Crippen LogP contribution in [0.25, 0.3) is 0 Å². The molecule has 0 bridgehead atoms. The average Bonchev–Trinajstić information content (AvgIpc) is 2.79. The van der Waals surface area contributed by atoms with E-state index in [1.165, 1.54) is 25.0 Å². The van der Waals surface area contributed by atoms with Crippen LogP contribution >= 0.6 is 0 Å². The zero-order chi connectivity index (χ0) is 14.9. The van der Waals surface area contributed by atoms with Crippen LogP contribution in [0.15, 0.2) is 6.07 Å². The standard InChI is InChI=1S/C17H29N3O/c1-14-12-15(2)20(18-14)16-6-10-19(11-7-16)13-17(21)8-4-3-5-9-17/h12,16,21H,3-11,13H2,1-2H3. The Morgan fingerprint density at radius 1 is 1.19 bits per heavy atom. The van der Waals surface area contributed by atoms with Gasteiger partial charge in [-0.05, 0) is 45.6 Å².